The number of methoxy groups -OCH3 is 1. The molecule has 1 aliphatic rings. The summed E-state index contributed by atoms with van der Waals surface area (Å²) in [6.45, 7) is 4.76. The lowest BCUT2D eigenvalue weighted by Gasteiger charge is -2.28. The van der Waals surface area contributed by atoms with Gasteiger partial charge >= 0.3 is 5.97 Å². The summed E-state index contributed by atoms with van der Waals surface area (Å²) in [5, 5.41) is 12.0. The third-order valence-electron chi connectivity index (χ3n) is 5.60. The second kappa shape index (κ2) is 8.84. The van der Waals surface area contributed by atoms with Gasteiger partial charge in [0.1, 0.15) is 12.7 Å². The highest BCUT2D eigenvalue weighted by molar-refractivity contribution is 7.80. The van der Waals surface area contributed by atoms with Crippen LogP contribution in [0.25, 0.3) is 0 Å². The zero-order chi connectivity index (χ0) is 22.0. The van der Waals surface area contributed by atoms with E-state index in [1.807, 2.05) is 22.9 Å². The highest BCUT2D eigenvalue weighted by atomic mass is 32.1. The monoisotopic (exact) mass is 439 g/mol. The van der Waals surface area contributed by atoms with Gasteiger partial charge in [0.05, 0.1) is 24.9 Å². The van der Waals surface area contributed by atoms with Crippen LogP contribution in [0, 0.1) is 13.8 Å². The van der Waals surface area contributed by atoms with E-state index in [1.165, 1.54) is 7.11 Å². The molecule has 4 rings (SSSR count). The van der Waals surface area contributed by atoms with Gasteiger partial charge in [-0.15, -0.1) is 10.2 Å². The molecule has 1 aliphatic heterocycles. The fourth-order valence-corrected chi connectivity index (χ4v) is 4.54. The summed E-state index contributed by atoms with van der Waals surface area (Å²) in [7, 11) is 1.41. The maximum atomic E-state index is 11.6. The maximum Gasteiger partial charge on any atom is 0.305 e. The SMILES string of the molecule is COC(=O)CCCN1C(=S)N[C@H](c2ccccn2)[C@H]1c1cc(C)n(-n2cnnc2)c1C. The predicted octanol–water partition coefficient (Wildman–Crippen LogP) is 2.33. The molecule has 0 unspecified atom stereocenters. The van der Waals surface area contributed by atoms with Crippen molar-refractivity contribution >= 4 is 23.3 Å². The van der Waals surface area contributed by atoms with Crippen molar-refractivity contribution in [2.45, 2.75) is 38.8 Å². The van der Waals surface area contributed by atoms with Crippen LogP contribution in [0.1, 0.15) is 47.6 Å². The molecule has 1 N–H and O–H groups in total. The van der Waals surface area contributed by atoms with Crippen LogP contribution in [-0.4, -0.2) is 54.2 Å². The quantitative estimate of drug-likeness (QED) is 0.443. The van der Waals surface area contributed by atoms with Crippen molar-refractivity contribution in [1.82, 2.24) is 34.8 Å². The summed E-state index contributed by atoms with van der Waals surface area (Å²) in [4.78, 5) is 18.4. The minimum absolute atomic E-state index is 0.0727. The fourth-order valence-electron chi connectivity index (χ4n) is 4.21. The summed E-state index contributed by atoms with van der Waals surface area (Å²) in [6.07, 6.45) is 6.12. The van der Waals surface area contributed by atoms with Crippen LogP contribution in [0.5, 0.6) is 0 Å². The number of esters is 1. The van der Waals surface area contributed by atoms with E-state index in [0.29, 0.717) is 24.5 Å². The number of hydrogen-bond acceptors (Lipinski definition) is 6. The molecule has 0 radical (unpaired) electrons. The number of thiocarbonyl (C=S) groups is 1. The smallest absolute Gasteiger partial charge is 0.305 e. The first-order valence-electron chi connectivity index (χ1n) is 10.1. The third kappa shape index (κ3) is 4.02. The van der Waals surface area contributed by atoms with Gasteiger partial charge in [-0.3, -0.25) is 14.5 Å². The minimum Gasteiger partial charge on any atom is -0.469 e. The summed E-state index contributed by atoms with van der Waals surface area (Å²) in [5.41, 5.74) is 4.17. The molecule has 162 valence electrons. The van der Waals surface area contributed by atoms with Crippen molar-refractivity contribution in [1.29, 1.82) is 0 Å². The van der Waals surface area contributed by atoms with Crippen LogP contribution in [-0.2, 0) is 9.53 Å². The van der Waals surface area contributed by atoms with Gasteiger partial charge in [0, 0.05) is 36.1 Å². The topological polar surface area (TPSA) is 90.1 Å². The molecule has 0 amide bonds. The van der Waals surface area contributed by atoms with Gasteiger partial charge in [-0.25, -0.2) is 4.68 Å². The van der Waals surface area contributed by atoms with Gasteiger partial charge in [0.25, 0.3) is 0 Å². The molecule has 1 saturated heterocycles. The number of carbonyl (C=O) groups is 1. The van der Waals surface area contributed by atoms with Crippen molar-refractivity contribution in [3.05, 3.63) is 65.8 Å². The van der Waals surface area contributed by atoms with E-state index in [9.17, 15) is 4.79 Å². The number of pyridine rings is 1. The normalized spacial score (nSPS) is 18.3. The van der Waals surface area contributed by atoms with E-state index in [-0.39, 0.29) is 18.1 Å². The van der Waals surface area contributed by atoms with E-state index in [2.05, 4.69) is 50.0 Å². The van der Waals surface area contributed by atoms with Crippen molar-refractivity contribution < 1.29 is 9.53 Å². The van der Waals surface area contributed by atoms with Crippen molar-refractivity contribution in [3.8, 4) is 0 Å². The summed E-state index contributed by atoms with van der Waals surface area (Å²) < 4.78 is 8.71. The van der Waals surface area contributed by atoms with E-state index in [4.69, 9.17) is 17.0 Å². The van der Waals surface area contributed by atoms with E-state index >= 15 is 0 Å². The minimum atomic E-state index is -0.221. The Labute approximate surface area is 186 Å². The second-order valence-corrected chi connectivity index (χ2v) is 7.87. The molecule has 3 aromatic heterocycles. The molecule has 0 spiro atoms. The Kier molecular flexibility index (Phi) is 5.99. The van der Waals surface area contributed by atoms with Gasteiger partial charge in [-0.05, 0) is 50.7 Å². The Morgan fingerprint density at radius 2 is 2.03 bits per heavy atom. The van der Waals surface area contributed by atoms with Gasteiger partial charge in [0.15, 0.2) is 5.11 Å². The molecule has 2 atom stereocenters. The molecule has 0 bridgehead atoms. The number of rotatable bonds is 7. The lowest BCUT2D eigenvalue weighted by molar-refractivity contribution is -0.140. The number of carbonyl (C=O) groups excluding carboxylic acids is 1. The number of ether oxygens (including phenoxy) is 1. The van der Waals surface area contributed by atoms with E-state index < -0.39 is 0 Å². The highest BCUT2D eigenvalue weighted by Crippen LogP contribution is 2.40. The average molecular weight is 440 g/mol. The van der Waals surface area contributed by atoms with E-state index in [1.54, 1.807) is 18.9 Å². The first kappa shape index (κ1) is 21.0. The Bertz CT molecular complexity index is 1070. The number of nitrogens with one attached hydrogen (secondary N) is 1. The fraction of sp³-hybridized carbons (Fsp3) is 0.381. The van der Waals surface area contributed by atoms with Gasteiger partial charge in [-0.2, -0.15) is 0 Å². The van der Waals surface area contributed by atoms with Gasteiger partial charge in [-0.1, -0.05) is 6.07 Å². The Morgan fingerprint density at radius 3 is 2.71 bits per heavy atom. The molecule has 3 aromatic rings. The first-order valence-corrected chi connectivity index (χ1v) is 10.5. The molecule has 4 heterocycles. The Hall–Kier alpha value is -3.27. The van der Waals surface area contributed by atoms with Crippen molar-refractivity contribution in [2.75, 3.05) is 13.7 Å². The molecule has 9 nitrogen and oxygen atoms in total. The highest BCUT2D eigenvalue weighted by Gasteiger charge is 2.41. The van der Waals surface area contributed by atoms with Crippen molar-refractivity contribution in [2.24, 2.45) is 0 Å². The summed E-state index contributed by atoms with van der Waals surface area (Å²) >= 11 is 5.70. The molecule has 0 aromatic carbocycles. The lowest BCUT2D eigenvalue weighted by atomic mass is 9.96. The molecule has 1 fully saturated rings. The molecule has 10 heteroatoms. The zero-order valence-corrected chi connectivity index (χ0v) is 18.5. The number of aryl methyl sites for hydroxylation is 1. The third-order valence-corrected chi connectivity index (χ3v) is 5.95. The van der Waals surface area contributed by atoms with Crippen LogP contribution in [0.3, 0.4) is 0 Å². The Balaban J connectivity index is 1.73. The second-order valence-electron chi connectivity index (χ2n) is 7.48. The number of aromatic nitrogens is 5. The Morgan fingerprint density at radius 1 is 1.26 bits per heavy atom. The molecule has 31 heavy (non-hydrogen) atoms. The van der Waals surface area contributed by atoms with Gasteiger partial charge < -0.3 is 15.0 Å². The van der Waals surface area contributed by atoms with E-state index in [0.717, 1.165) is 22.6 Å². The molecule has 0 saturated carbocycles. The summed E-state index contributed by atoms with van der Waals surface area (Å²) in [5.74, 6) is -0.221. The molecular weight excluding hydrogens is 414 g/mol. The van der Waals surface area contributed by atoms with Gasteiger partial charge in [0.2, 0.25) is 0 Å². The summed E-state index contributed by atoms with van der Waals surface area (Å²) in [6, 6.07) is 7.86. The van der Waals surface area contributed by atoms with Crippen LogP contribution in [0.2, 0.25) is 0 Å². The largest absolute Gasteiger partial charge is 0.469 e. The average Bonchev–Trinajstić information content (AvgIpc) is 3.47. The number of nitrogens with zero attached hydrogens (tertiary/aromatic N) is 6. The molecule has 0 aliphatic carbocycles. The van der Waals surface area contributed by atoms with Crippen LogP contribution in [0.15, 0.2) is 43.1 Å². The number of hydrogen-bond donors (Lipinski definition) is 1. The zero-order valence-electron chi connectivity index (χ0n) is 17.7. The van der Waals surface area contributed by atoms with Crippen LogP contribution in [0.4, 0.5) is 0 Å². The lowest BCUT2D eigenvalue weighted by Crippen LogP contribution is -2.31. The first-order chi connectivity index (χ1) is 15.0. The molecular formula is C21H25N7O2S. The van der Waals surface area contributed by atoms with Crippen LogP contribution >= 0.6 is 12.2 Å². The maximum absolute atomic E-state index is 11.6. The predicted molar refractivity (Wildman–Crippen MR) is 118 cm³/mol. The van der Waals surface area contributed by atoms with Crippen LogP contribution < -0.4 is 5.32 Å². The van der Waals surface area contributed by atoms with Crippen molar-refractivity contribution in [3.63, 3.8) is 0 Å². The standard InChI is InChI=1S/C21H25N7O2S/c1-14-11-16(15(2)28(14)26-12-23-24-13-26)20-19(17-7-4-5-9-22-17)25-21(31)27(20)10-6-8-18(29)30-3/h4-5,7,9,11-13,19-20H,6,8,10H2,1-3H3,(H,25,31)/t19-,20-/m1/s1.